The van der Waals surface area contributed by atoms with Gasteiger partial charge in [-0.25, -0.2) is 0 Å². The normalized spacial score (nSPS) is 10.9. The maximum Gasteiger partial charge on any atom is 0.261 e. The number of aryl methyl sites for hydroxylation is 4. The van der Waals surface area contributed by atoms with Crippen LogP contribution in [0.3, 0.4) is 0 Å². The molecule has 4 aromatic rings. The maximum atomic E-state index is 13.7. The summed E-state index contributed by atoms with van der Waals surface area (Å²) in [5.74, 6) is 0.0213. The van der Waals surface area contributed by atoms with Gasteiger partial charge in [-0.3, -0.25) is 9.59 Å². The lowest BCUT2D eigenvalue weighted by molar-refractivity contribution is 0.102. The lowest BCUT2D eigenvalue weighted by Gasteiger charge is -2.21. The minimum absolute atomic E-state index is 0.0618. The zero-order valence-electron chi connectivity index (χ0n) is 19.4. The van der Waals surface area contributed by atoms with Crippen LogP contribution in [0.25, 0.3) is 17.1 Å². The van der Waals surface area contributed by atoms with Crippen molar-refractivity contribution in [1.82, 2.24) is 4.57 Å². The Morgan fingerprint density at radius 1 is 0.939 bits per heavy atom. The second kappa shape index (κ2) is 9.33. The first kappa shape index (κ1) is 22.3. The molecular formula is C28H28N2O3. The van der Waals surface area contributed by atoms with E-state index >= 15 is 0 Å². The number of benzene rings is 2. The van der Waals surface area contributed by atoms with Crippen LogP contribution in [0.4, 0.5) is 5.69 Å². The number of carbonyl (C=O) groups is 1. The van der Waals surface area contributed by atoms with Gasteiger partial charge in [0.25, 0.3) is 5.91 Å². The fourth-order valence-electron chi connectivity index (χ4n) is 4.30. The molecule has 2 aromatic heterocycles. The predicted octanol–water partition coefficient (Wildman–Crippen LogP) is 6.09. The molecule has 0 spiro atoms. The summed E-state index contributed by atoms with van der Waals surface area (Å²) in [7, 11) is 0. The predicted molar refractivity (Wildman–Crippen MR) is 132 cm³/mol. The zero-order chi connectivity index (χ0) is 23.5. The second-order valence-corrected chi connectivity index (χ2v) is 8.09. The highest BCUT2D eigenvalue weighted by Gasteiger charge is 2.25. The van der Waals surface area contributed by atoms with E-state index in [4.69, 9.17) is 4.42 Å². The van der Waals surface area contributed by atoms with E-state index in [9.17, 15) is 9.59 Å². The van der Waals surface area contributed by atoms with E-state index in [2.05, 4.69) is 19.2 Å². The number of aromatic nitrogens is 1. The summed E-state index contributed by atoms with van der Waals surface area (Å²) in [4.78, 5) is 27.0. The number of nitrogens with zero attached hydrogens (tertiary/aromatic N) is 1. The minimum atomic E-state index is -0.440. The second-order valence-electron chi connectivity index (χ2n) is 8.09. The molecule has 5 nitrogen and oxygen atoms in total. The summed E-state index contributed by atoms with van der Waals surface area (Å²) in [6, 6.07) is 18.9. The van der Waals surface area contributed by atoms with Crippen LogP contribution in [0, 0.1) is 13.8 Å². The molecule has 33 heavy (non-hydrogen) atoms. The number of anilines is 1. The van der Waals surface area contributed by atoms with Crippen LogP contribution in [0.2, 0.25) is 0 Å². The standard InChI is InChI=1S/C28H28N2O3/c1-5-20-12-9-13-21(6-2)26(20)29-28(32)25-23(31)17-19(4)30(22-14-8-7-11-18(22)3)27(25)24-15-10-16-33-24/h7-17H,5-6H2,1-4H3,(H,29,32). The van der Waals surface area contributed by atoms with Crippen molar-refractivity contribution in [1.29, 1.82) is 0 Å². The quantitative estimate of drug-likeness (QED) is 0.394. The molecule has 1 amide bonds. The van der Waals surface area contributed by atoms with Gasteiger partial charge in [0.2, 0.25) is 0 Å². The van der Waals surface area contributed by atoms with Crippen LogP contribution >= 0.6 is 0 Å². The first-order valence-electron chi connectivity index (χ1n) is 11.2. The van der Waals surface area contributed by atoms with E-state index in [1.165, 1.54) is 6.07 Å². The molecule has 0 aliphatic rings. The van der Waals surface area contributed by atoms with Gasteiger partial charge in [0.05, 0.1) is 6.26 Å². The number of hydrogen-bond donors (Lipinski definition) is 1. The fraction of sp³-hybridized carbons (Fsp3) is 0.214. The highest BCUT2D eigenvalue weighted by atomic mass is 16.3. The molecule has 0 fully saturated rings. The van der Waals surface area contributed by atoms with Crippen LogP contribution in [-0.2, 0) is 12.8 Å². The van der Waals surface area contributed by atoms with Crippen molar-refractivity contribution >= 4 is 11.6 Å². The third-order valence-electron chi connectivity index (χ3n) is 5.97. The smallest absolute Gasteiger partial charge is 0.261 e. The Hall–Kier alpha value is -3.86. The van der Waals surface area contributed by atoms with Crippen LogP contribution in [0.1, 0.15) is 46.6 Å². The molecule has 0 atom stereocenters. The van der Waals surface area contributed by atoms with E-state index in [1.807, 2.05) is 60.9 Å². The summed E-state index contributed by atoms with van der Waals surface area (Å²) in [6.07, 6.45) is 3.10. The summed E-state index contributed by atoms with van der Waals surface area (Å²) in [6.45, 7) is 7.97. The summed E-state index contributed by atoms with van der Waals surface area (Å²) >= 11 is 0. The van der Waals surface area contributed by atoms with Crippen LogP contribution in [-0.4, -0.2) is 10.5 Å². The monoisotopic (exact) mass is 440 g/mol. The Balaban J connectivity index is 1.97. The third kappa shape index (κ3) is 4.14. The van der Waals surface area contributed by atoms with Crippen LogP contribution < -0.4 is 10.7 Å². The van der Waals surface area contributed by atoms with E-state index in [0.29, 0.717) is 11.5 Å². The van der Waals surface area contributed by atoms with Gasteiger partial charge in [0.15, 0.2) is 11.2 Å². The summed E-state index contributed by atoms with van der Waals surface area (Å²) < 4.78 is 7.65. The number of furan rings is 1. The molecule has 2 aromatic carbocycles. The highest BCUT2D eigenvalue weighted by molar-refractivity contribution is 6.08. The average molecular weight is 441 g/mol. The van der Waals surface area contributed by atoms with Gasteiger partial charge >= 0.3 is 0 Å². The van der Waals surface area contributed by atoms with Gasteiger partial charge in [-0.2, -0.15) is 0 Å². The lowest BCUT2D eigenvalue weighted by Crippen LogP contribution is -2.27. The number of pyridine rings is 1. The number of para-hydroxylation sites is 2. The Labute approximate surface area is 193 Å². The van der Waals surface area contributed by atoms with E-state index in [0.717, 1.165) is 46.6 Å². The topological polar surface area (TPSA) is 64.2 Å². The summed E-state index contributed by atoms with van der Waals surface area (Å²) in [5, 5.41) is 3.06. The zero-order valence-corrected chi connectivity index (χ0v) is 19.4. The lowest BCUT2D eigenvalue weighted by atomic mass is 10.0. The van der Waals surface area contributed by atoms with Gasteiger partial charge in [0, 0.05) is 23.1 Å². The van der Waals surface area contributed by atoms with Crippen molar-refractivity contribution in [3.8, 4) is 17.1 Å². The highest BCUT2D eigenvalue weighted by Crippen LogP contribution is 2.30. The van der Waals surface area contributed by atoms with Crippen molar-refractivity contribution < 1.29 is 9.21 Å². The van der Waals surface area contributed by atoms with Gasteiger partial charge in [-0.05, 0) is 61.6 Å². The van der Waals surface area contributed by atoms with Gasteiger partial charge < -0.3 is 14.3 Å². The number of rotatable bonds is 6. The van der Waals surface area contributed by atoms with Crippen molar-refractivity contribution in [3.05, 3.63) is 105 Å². The molecular weight excluding hydrogens is 412 g/mol. The molecule has 0 saturated heterocycles. The number of carbonyl (C=O) groups excluding carboxylic acids is 1. The van der Waals surface area contributed by atoms with Crippen molar-refractivity contribution in [2.24, 2.45) is 0 Å². The molecule has 0 radical (unpaired) electrons. The minimum Gasteiger partial charge on any atom is -0.463 e. The third-order valence-corrected chi connectivity index (χ3v) is 5.97. The first-order valence-corrected chi connectivity index (χ1v) is 11.2. The van der Waals surface area contributed by atoms with Crippen molar-refractivity contribution in [2.75, 3.05) is 5.32 Å². The van der Waals surface area contributed by atoms with Crippen LogP contribution in [0.5, 0.6) is 0 Å². The van der Waals surface area contributed by atoms with Crippen molar-refractivity contribution in [3.63, 3.8) is 0 Å². The fourth-order valence-corrected chi connectivity index (χ4v) is 4.30. The Kier molecular flexibility index (Phi) is 6.31. The van der Waals surface area contributed by atoms with Gasteiger partial charge in [0.1, 0.15) is 11.3 Å². The number of amides is 1. The summed E-state index contributed by atoms with van der Waals surface area (Å²) in [5.41, 5.74) is 5.65. The molecule has 0 bridgehead atoms. The van der Waals surface area contributed by atoms with Crippen LogP contribution in [0.15, 0.2) is 76.1 Å². The molecule has 5 heteroatoms. The van der Waals surface area contributed by atoms with Gasteiger partial charge in [-0.15, -0.1) is 0 Å². The van der Waals surface area contributed by atoms with E-state index in [1.54, 1.807) is 18.4 Å². The molecule has 0 aliphatic carbocycles. The SMILES string of the molecule is CCc1cccc(CC)c1NC(=O)c1c(-c2ccco2)n(-c2ccccc2C)c(C)cc1=O. The Morgan fingerprint density at radius 3 is 2.24 bits per heavy atom. The number of nitrogens with one attached hydrogen (secondary N) is 1. The average Bonchev–Trinajstić information content (AvgIpc) is 3.34. The maximum absolute atomic E-state index is 13.7. The molecule has 1 N–H and O–H groups in total. The Bertz CT molecular complexity index is 1340. The molecule has 4 rings (SSSR count). The Morgan fingerprint density at radius 2 is 1.64 bits per heavy atom. The van der Waals surface area contributed by atoms with Gasteiger partial charge in [-0.1, -0.05) is 50.2 Å². The molecule has 0 unspecified atom stereocenters. The largest absolute Gasteiger partial charge is 0.463 e. The number of hydrogen-bond acceptors (Lipinski definition) is 3. The van der Waals surface area contributed by atoms with E-state index in [-0.39, 0.29) is 11.0 Å². The van der Waals surface area contributed by atoms with E-state index < -0.39 is 5.91 Å². The first-order chi connectivity index (χ1) is 16.0. The molecule has 2 heterocycles. The molecule has 168 valence electrons. The van der Waals surface area contributed by atoms with Crippen molar-refractivity contribution in [2.45, 2.75) is 40.5 Å². The molecule has 0 saturated carbocycles. The molecule has 0 aliphatic heterocycles.